The number of hydrogen-bond acceptors (Lipinski definition) is 3. The molecule has 3 heteroatoms. The summed E-state index contributed by atoms with van der Waals surface area (Å²) < 4.78 is 5.74. The van der Waals surface area contributed by atoms with Gasteiger partial charge in [-0.05, 0) is 49.6 Å². The van der Waals surface area contributed by atoms with Crippen LogP contribution in [-0.2, 0) is 0 Å². The minimum absolute atomic E-state index is 0.786. The molecule has 23 heavy (non-hydrogen) atoms. The quantitative estimate of drug-likeness (QED) is 0.639. The fourth-order valence-electron chi connectivity index (χ4n) is 2.38. The summed E-state index contributed by atoms with van der Waals surface area (Å²) in [6.07, 6.45) is 2.25. The Morgan fingerprint density at radius 3 is 2.57 bits per heavy atom. The number of unbranched alkanes of at least 4 members (excludes halogenated alkanes) is 1. The zero-order chi connectivity index (χ0) is 16.5. The van der Waals surface area contributed by atoms with Crippen LogP contribution in [0.3, 0.4) is 0 Å². The summed E-state index contributed by atoms with van der Waals surface area (Å²) in [5, 5.41) is 6.92. The van der Waals surface area contributed by atoms with E-state index >= 15 is 0 Å². The molecule has 0 amide bonds. The summed E-state index contributed by atoms with van der Waals surface area (Å²) in [5.74, 6) is 0.936. The Morgan fingerprint density at radius 2 is 1.74 bits per heavy atom. The zero-order valence-electron chi connectivity index (χ0n) is 14.5. The first kappa shape index (κ1) is 17.2. The van der Waals surface area contributed by atoms with Crippen LogP contribution in [-0.4, -0.2) is 19.7 Å². The molecule has 0 aliphatic carbocycles. The van der Waals surface area contributed by atoms with Crippen molar-refractivity contribution < 1.29 is 4.74 Å². The second-order valence-corrected chi connectivity index (χ2v) is 5.83. The highest BCUT2D eigenvalue weighted by Crippen LogP contribution is 2.19. The van der Waals surface area contributed by atoms with Crippen LogP contribution >= 0.6 is 0 Å². The highest BCUT2D eigenvalue weighted by molar-refractivity contribution is 5.54. The fourth-order valence-corrected chi connectivity index (χ4v) is 2.38. The summed E-state index contributed by atoms with van der Waals surface area (Å²) >= 11 is 0. The van der Waals surface area contributed by atoms with Gasteiger partial charge in [0.15, 0.2) is 0 Å². The van der Waals surface area contributed by atoms with E-state index in [4.69, 9.17) is 4.74 Å². The third-order valence-corrected chi connectivity index (χ3v) is 3.97. The van der Waals surface area contributed by atoms with Crippen LogP contribution in [0.5, 0.6) is 5.75 Å². The predicted octanol–water partition coefficient (Wildman–Crippen LogP) is 5.01. The van der Waals surface area contributed by atoms with E-state index in [1.807, 2.05) is 12.1 Å². The second-order valence-electron chi connectivity index (χ2n) is 5.83. The van der Waals surface area contributed by atoms with Gasteiger partial charge in [0.1, 0.15) is 5.75 Å². The minimum Gasteiger partial charge on any atom is -0.494 e. The van der Waals surface area contributed by atoms with Crippen LogP contribution in [0.1, 0.15) is 30.9 Å². The van der Waals surface area contributed by atoms with Gasteiger partial charge in [0.2, 0.25) is 0 Å². The first-order chi connectivity index (χ1) is 11.2. The first-order valence-corrected chi connectivity index (χ1v) is 8.47. The maximum absolute atomic E-state index is 5.74. The molecule has 0 aromatic heterocycles. The van der Waals surface area contributed by atoms with Crippen molar-refractivity contribution in [3.8, 4) is 5.75 Å². The van der Waals surface area contributed by atoms with Crippen LogP contribution in [0.15, 0.2) is 42.5 Å². The molecule has 2 rings (SSSR count). The Kier molecular flexibility index (Phi) is 6.79. The van der Waals surface area contributed by atoms with Gasteiger partial charge in [-0.3, -0.25) is 0 Å². The number of aryl methyl sites for hydroxylation is 1. The van der Waals surface area contributed by atoms with Gasteiger partial charge in [-0.25, -0.2) is 0 Å². The Hall–Kier alpha value is -2.16. The van der Waals surface area contributed by atoms with Crippen molar-refractivity contribution >= 4 is 11.4 Å². The third-order valence-electron chi connectivity index (χ3n) is 3.97. The molecule has 0 heterocycles. The van der Waals surface area contributed by atoms with Crippen LogP contribution in [0.4, 0.5) is 11.4 Å². The first-order valence-electron chi connectivity index (χ1n) is 8.47. The monoisotopic (exact) mass is 312 g/mol. The molecule has 0 aliphatic heterocycles. The van der Waals surface area contributed by atoms with Gasteiger partial charge in [-0.1, -0.05) is 31.5 Å². The average molecular weight is 312 g/mol. The largest absolute Gasteiger partial charge is 0.494 e. The Balaban J connectivity index is 1.77. The predicted molar refractivity (Wildman–Crippen MR) is 99.7 cm³/mol. The average Bonchev–Trinajstić information content (AvgIpc) is 2.56. The number of anilines is 2. The summed E-state index contributed by atoms with van der Waals surface area (Å²) in [6.45, 7) is 9.00. The van der Waals surface area contributed by atoms with E-state index in [1.54, 1.807) is 0 Å². The zero-order valence-corrected chi connectivity index (χ0v) is 14.5. The van der Waals surface area contributed by atoms with E-state index in [2.05, 4.69) is 61.7 Å². The molecule has 0 bridgehead atoms. The van der Waals surface area contributed by atoms with Crippen molar-refractivity contribution in [2.75, 3.05) is 30.3 Å². The minimum atomic E-state index is 0.786. The highest BCUT2D eigenvalue weighted by Gasteiger charge is 2.00. The van der Waals surface area contributed by atoms with Gasteiger partial charge in [0, 0.05) is 30.5 Å². The summed E-state index contributed by atoms with van der Waals surface area (Å²) in [4.78, 5) is 0. The van der Waals surface area contributed by atoms with Gasteiger partial charge in [0.25, 0.3) is 0 Å². The number of hydrogen-bond donors (Lipinski definition) is 2. The molecule has 0 unspecified atom stereocenters. The SMILES string of the molecule is CCCCOc1cccc(NCCNc2cccc(C)c2C)c1. The van der Waals surface area contributed by atoms with Crippen molar-refractivity contribution in [2.24, 2.45) is 0 Å². The molecule has 0 saturated carbocycles. The lowest BCUT2D eigenvalue weighted by atomic mass is 10.1. The molecule has 0 radical (unpaired) electrons. The Labute approximate surface area is 140 Å². The Morgan fingerprint density at radius 1 is 0.957 bits per heavy atom. The van der Waals surface area contributed by atoms with E-state index in [0.717, 1.165) is 44.0 Å². The van der Waals surface area contributed by atoms with Crippen LogP contribution in [0, 0.1) is 13.8 Å². The lowest BCUT2D eigenvalue weighted by Gasteiger charge is -2.13. The highest BCUT2D eigenvalue weighted by atomic mass is 16.5. The molecule has 124 valence electrons. The van der Waals surface area contributed by atoms with Crippen LogP contribution in [0.2, 0.25) is 0 Å². The molecule has 2 aromatic rings. The van der Waals surface area contributed by atoms with Crippen LogP contribution in [0.25, 0.3) is 0 Å². The molecule has 0 atom stereocenters. The van der Waals surface area contributed by atoms with Gasteiger partial charge >= 0.3 is 0 Å². The second kappa shape index (κ2) is 9.09. The molecule has 2 aromatic carbocycles. The third kappa shape index (κ3) is 5.51. The van der Waals surface area contributed by atoms with Crippen molar-refractivity contribution in [1.82, 2.24) is 0 Å². The van der Waals surface area contributed by atoms with Crippen molar-refractivity contribution in [3.63, 3.8) is 0 Å². The summed E-state index contributed by atoms with van der Waals surface area (Å²) in [5.41, 5.74) is 4.95. The molecule has 3 nitrogen and oxygen atoms in total. The lowest BCUT2D eigenvalue weighted by molar-refractivity contribution is 0.309. The van der Waals surface area contributed by atoms with Crippen LogP contribution < -0.4 is 15.4 Å². The standard InChI is InChI=1S/C20H28N2O/c1-4-5-14-23-19-10-7-9-18(15-19)21-12-13-22-20-11-6-8-16(2)17(20)3/h6-11,15,21-22H,4-5,12-14H2,1-3H3. The molecule has 0 fully saturated rings. The topological polar surface area (TPSA) is 33.3 Å². The van der Waals surface area contributed by atoms with E-state index in [9.17, 15) is 0 Å². The number of benzene rings is 2. The number of rotatable bonds is 9. The molecule has 0 spiro atoms. The molecular weight excluding hydrogens is 284 g/mol. The smallest absolute Gasteiger partial charge is 0.121 e. The van der Waals surface area contributed by atoms with Gasteiger partial charge < -0.3 is 15.4 Å². The summed E-state index contributed by atoms with van der Waals surface area (Å²) in [7, 11) is 0. The maximum Gasteiger partial charge on any atom is 0.121 e. The number of ether oxygens (including phenoxy) is 1. The number of nitrogens with one attached hydrogen (secondary N) is 2. The van der Waals surface area contributed by atoms with E-state index in [-0.39, 0.29) is 0 Å². The van der Waals surface area contributed by atoms with E-state index in [1.165, 1.54) is 16.8 Å². The van der Waals surface area contributed by atoms with Gasteiger partial charge in [-0.15, -0.1) is 0 Å². The van der Waals surface area contributed by atoms with Crippen molar-refractivity contribution in [3.05, 3.63) is 53.6 Å². The Bertz CT molecular complexity index is 610. The molecular formula is C20H28N2O. The lowest BCUT2D eigenvalue weighted by Crippen LogP contribution is -2.14. The van der Waals surface area contributed by atoms with Gasteiger partial charge in [-0.2, -0.15) is 0 Å². The van der Waals surface area contributed by atoms with Gasteiger partial charge in [0.05, 0.1) is 6.61 Å². The molecule has 0 aliphatic rings. The molecule has 0 saturated heterocycles. The molecule has 2 N–H and O–H groups in total. The fraction of sp³-hybridized carbons (Fsp3) is 0.400. The van der Waals surface area contributed by atoms with Crippen molar-refractivity contribution in [2.45, 2.75) is 33.6 Å². The normalized spacial score (nSPS) is 10.4. The van der Waals surface area contributed by atoms with E-state index in [0.29, 0.717) is 0 Å². The van der Waals surface area contributed by atoms with E-state index < -0.39 is 0 Å². The van der Waals surface area contributed by atoms with Crippen molar-refractivity contribution in [1.29, 1.82) is 0 Å². The summed E-state index contributed by atoms with van der Waals surface area (Å²) in [6, 6.07) is 14.5. The maximum atomic E-state index is 5.74.